The highest BCUT2D eigenvalue weighted by Gasteiger charge is 2.33. The summed E-state index contributed by atoms with van der Waals surface area (Å²) in [6.45, 7) is 0.0930. The van der Waals surface area contributed by atoms with Crippen LogP contribution in [0.3, 0.4) is 0 Å². The van der Waals surface area contributed by atoms with Gasteiger partial charge in [0.05, 0.1) is 0 Å². The van der Waals surface area contributed by atoms with E-state index >= 15 is 0 Å². The molecule has 0 aromatic rings. The zero-order valence-corrected chi connectivity index (χ0v) is 9.39. The summed E-state index contributed by atoms with van der Waals surface area (Å²) in [6, 6.07) is 0. The molecule has 0 fully saturated rings. The molecular formula is C7H12Cl2N2O3. The normalized spacial score (nSPS) is 10.9. The van der Waals surface area contributed by atoms with Crippen LogP contribution in [0.5, 0.6) is 0 Å². The summed E-state index contributed by atoms with van der Waals surface area (Å²) in [5.41, 5.74) is 0. The number of hydrogen-bond donors (Lipinski definition) is 2. The molecule has 0 spiro atoms. The van der Waals surface area contributed by atoms with Gasteiger partial charge in [0, 0.05) is 27.1 Å². The van der Waals surface area contributed by atoms with Crippen LogP contribution in [0.1, 0.15) is 6.42 Å². The molecule has 0 unspecified atom stereocenters. The third-order valence-corrected chi connectivity index (χ3v) is 2.37. The van der Waals surface area contributed by atoms with Crippen LogP contribution in [-0.2, 0) is 4.79 Å². The van der Waals surface area contributed by atoms with Gasteiger partial charge in [0.1, 0.15) is 0 Å². The minimum Gasteiger partial charge on any atom is -0.465 e. The lowest BCUT2D eigenvalue weighted by molar-refractivity contribution is -0.121. The molecule has 82 valence electrons. The van der Waals surface area contributed by atoms with Crippen molar-refractivity contribution in [1.29, 1.82) is 0 Å². The van der Waals surface area contributed by atoms with Gasteiger partial charge in [0.2, 0.25) is 0 Å². The highest BCUT2D eigenvalue weighted by atomic mass is 35.5. The first-order chi connectivity index (χ1) is 6.31. The van der Waals surface area contributed by atoms with Gasteiger partial charge in [-0.15, -0.1) is 0 Å². The van der Waals surface area contributed by atoms with Gasteiger partial charge in [-0.1, -0.05) is 23.2 Å². The number of nitrogens with one attached hydrogen (secondary N) is 1. The van der Waals surface area contributed by atoms with Gasteiger partial charge in [-0.3, -0.25) is 4.79 Å². The van der Waals surface area contributed by atoms with Crippen molar-refractivity contribution in [2.45, 2.75) is 10.8 Å². The van der Waals surface area contributed by atoms with Crippen LogP contribution in [0.15, 0.2) is 0 Å². The lowest BCUT2D eigenvalue weighted by Gasteiger charge is -2.20. The van der Waals surface area contributed by atoms with Crippen molar-refractivity contribution in [3.63, 3.8) is 0 Å². The van der Waals surface area contributed by atoms with Crippen molar-refractivity contribution < 1.29 is 14.7 Å². The van der Waals surface area contributed by atoms with E-state index in [2.05, 4.69) is 5.32 Å². The minimum atomic E-state index is -1.58. The monoisotopic (exact) mass is 242 g/mol. The first kappa shape index (κ1) is 13.3. The topological polar surface area (TPSA) is 69.6 Å². The Hall–Kier alpha value is -0.680. The maximum Gasteiger partial charge on any atom is 0.407 e. The average molecular weight is 243 g/mol. The molecule has 2 amide bonds. The second kappa shape index (κ2) is 5.26. The molecule has 7 heteroatoms. The smallest absolute Gasteiger partial charge is 0.407 e. The number of hydrogen-bond acceptors (Lipinski definition) is 2. The van der Waals surface area contributed by atoms with E-state index in [-0.39, 0.29) is 13.0 Å². The standard InChI is InChI=1S/C7H12Cl2N2O3/c1-10-5(12)7(8,9)3-4-11(2)6(13)14/h3-4H2,1-2H3,(H,10,12)(H,13,14). The van der Waals surface area contributed by atoms with E-state index in [4.69, 9.17) is 28.3 Å². The third-order valence-electron chi connectivity index (χ3n) is 1.65. The van der Waals surface area contributed by atoms with Crippen molar-refractivity contribution in [3.8, 4) is 0 Å². The molecule has 0 radical (unpaired) electrons. The van der Waals surface area contributed by atoms with Crippen LogP contribution >= 0.6 is 23.2 Å². The Morgan fingerprint density at radius 1 is 1.50 bits per heavy atom. The highest BCUT2D eigenvalue weighted by molar-refractivity contribution is 6.58. The number of halogens is 2. The predicted molar refractivity (Wildman–Crippen MR) is 53.8 cm³/mol. The fourth-order valence-corrected chi connectivity index (χ4v) is 1.06. The Morgan fingerprint density at radius 3 is 2.36 bits per heavy atom. The maximum atomic E-state index is 11.1. The number of nitrogens with zero attached hydrogens (tertiary/aromatic N) is 1. The third kappa shape index (κ3) is 4.02. The number of rotatable bonds is 4. The van der Waals surface area contributed by atoms with Crippen molar-refractivity contribution >= 4 is 35.2 Å². The Balaban J connectivity index is 4.11. The number of amides is 2. The first-order valence-electron chi connectivity index (χ1n) is 3.85. The summed E-state index contributed by atoms with van der Waals surface area (Å²) in [5, 5.41) is 10.8. The number of carbonyl (C=O) groups is 2. The summed E-state index contributed by atoms with van der Waals surface area (Å²) in [4.78, 5) is 22.5. The van der Waals surface area contributed by atoms with Crippen LogP contribution in [0.25, 0.3) is 0 Å². The molecule has 0 saturated carbocycles. The molecule has 2 N–H and O–H groups in total. The van der Waals surface area contributed by atoms with Crippen molar-refractivity contribution in [1.82, 2.24) is 10.2 Å². The van der Waals surface area contributed by atoms with Gasteiger partial charge >= 0.3 is 6.09 Å². The van der Waals surface area contributed by atoms with E-state index in [1.54, 1.807) is 0 Å². The molecule has 0 aliphatic rings. The fourth-order valence-electron chi connectivity index (χ4n) is 0.700. The van der Waals surface area contributed by atoms with E-state index < -0.39 is 16.3 Å². The fraction of sp³-hybridized carbons (Fsp3) is 0.714. The first-order valence-corrected chi connectivity index (χ1v) is 4.61. The molecule has 0 aromatic carbocycles. The molecular weight excluding hydrogens is 231 g/mol. The molecule has 0 aliphatic carbocycles. The van der Waals surface area contributed by atoms with Gasteiger partial charge in [0.15, 0.2) is 4.33 Å². The number of alkyl halides is 2. The van der Waals surface area contributed by atoms with Gasteiger partial charge in [-0.25, -0.2) is 4.79 Å². The van der Waals surface area contributed by atoms with E-state index in [1.807, 2.05) is 0 Å². The Kier molecular flexibility index (Phi) is 5.01. The molecule has 0 bridgehead atoms. The highest BCUT2D eigenvalue weighted by Crippen LogP contribution is 2.25. The van der Waals surface area contributed by atoms with Crippen molar-refractivity contribution in [2.24, 2.45) is 0 Å². The second-order valence-electron chi connectivity index (χ2n) is 2.74. The summed E-state index contributed by atoms with van der Waals surface area (Å²) in [5.74, 6) is -0.542. The van der Waals surface area contributed by atoms with Crippen molar-refractivity contribution in [2.75, 3.05) is 20.6 Å². The van der Waals surface area contributed by atoms with Gasteiger partial charge < -0.3 is 15.3 Å². The molecule has 5 nitrogen and oxygen atoms in total. The average Bonchev–Trinajstić information content (AvgIpc) is 2.12. The summed E-state index contributed by atoms with van der Waals surface area (Å²) >= 11 is 11.3. The van der Waals surface area contributed by atoms with Crippen molar-refractivity contribution in [3.05, 3.63) is 0 Å². The van der Waals surface area contributed by atoms with Crippen LogP contribution < -0.4 is 5.32 Å². The molecule has 0 saturated heterocycles. The number of carbonyl (C=O) groups excluding carboxylic acids is 1. The largest absolute Gasteiger partial charge is 0.465 e. The Morgan fingerprint density at radius 2 is 2.00 bits per heavy atom. The zero-order valence-electron chi connectivity index (χ0n) is 7.88. The van der Waals surface area contributed by atoms with E-state index in [0.717, 1.165) is 4.90 Å². The van der Waals surface area contributed by atoms with Crippen LogP contribution in [0.4, 0.5) is 4.79 Å². The number of carboxylic acid groups (broad SMARTS) is 1. The molecule has 0 aliphatic heterocycles. The molecule has 0 rings (SSSR count). The lowest BCUT2D eigenvalue weighted by Crippen LogP contribution is -2.39. The van der Waals surface area contributed by atoms with E-state index in [0.29, 0.717) is 0 Å². The lowest BCUT2D eigenvalue weighted by atomic mass is 10.2. The van der Waals surface area contributed by atoms with E-state index in [9.17, 15) is 9.59 Å². The molecule has 0 atom stereocenters. The summed E-state index contributed by atoms with van der Waals surface area (Å²) in [7, 11) is 2.78. The zero-order chi connectivity index (χ0) is 11.4. The molecule has 14 heavy (non-hydrogen) atoms. The van der Waals surface area contributed by atoms with Crippen LogP contribution in [0, 0.1) is 0 Å². The molecule has 0 heterocycles. The van der Waals surface area contributed by atoms with E-state index in [1.165, 1.54) is 14.1 Å². The maximum absolute atomic E-state index is 11.1. The van der Waals surface area contributed by atoms with Gasteiger partial charge in [-0.05, 0) is 0 Å². The Labute approximate surface area is 92.0 Å². The Bertz CT molecular complexity index is 233. The molecule has 0 aromatic heterocycles. The van der Waals surface area contributed by atoms with Crippen LogP contribution in [0.2, 0.25) is 0 Å². The summed E-state index contributed by atoms with van der Waals surface area (Å²) < 4.78 is -1.58. The van der Waals surface area contributed by atoms with Gasteiger partial charge in [0.25, 0.3) is 5.91 Å². The predicted octanol–water partition coefficient (Wildman–Crippen LogP) is 0.906. The quantitative estimate of drug-likeness (QED) is 0.721. The summed E-state index contributed by atoms with van der Waals surface area (Å²) in [6.07, 6.45) is -1.05. The van der Waals surface area contributed by atoms with Crippen LogP contribution in [-0.4, -0.2) is 47.0 Å². The van der Waals surface area contributed by atoms with Gasteiger partial charge in [-0.2, -0.15) is 0 Å². The SMILES string of the molecule is CNC(=O)C(Cl)(Cl)CCN(C)C(=O)O. The second-order valence-corrected chi connectivity index (χ2v) is 4.22. The minimum absolute atomic E-state index is 0.0403.